The minimum atomic E-state index is 0.186. The van der Waals surface area contributed by atoms with E-state index in [0.29, 0.717) is 0 Å². The summed E-state index contributed by atoms with van der Waals surface area (Å²) in [5.74, 6) is 0.783. The van der Waals surface area contributed by atoms with E-state index in [1.165, 1.54) is 0 Å². The molecule has 18 heavy (non-hydrogen) atoms. The topological polar surface area (TPSA) is 61.2 Å². The monoisotopic (exact) mass is 260 g/mol. The van der Waals surface area contributed by atoms with Crippen LogP contribution < -0.4 is 21.0 Å². The van der Waals surface area contributed by atoms with Crippen molar-refractivity contribution < 1.29 is 9.84 Å². The molecule has 4 N–H and O–H groups in total. The Bertz CT molecular complexity index is 610. The minimum Gasteiger partial charge on any atom is -0.496 e. The molecular weight excluding hydrogens is 246 g/mol. The predicted molar refractivity (Wildman–Crippen MR) is 76.5 cm³/mol. The fraction of sp³-hybridized carbons (Fsp3) is 0.0769. The van der Waals surface area contributed by atoms with E-state index in [1.54, 1.807) is 13.3 Å². The van der Waals surface area contributed by atoms with Gasteiger partial charge in [0.2, 0.25) is 11.3 Å². The normalized spacial score (nSPS) is 10.7. The second-order valence-corrected chi connectivity index (χ2v) is 4.12. The van der Waals surface area contributed by atoms with E-state index >= 15 is 0 Å². The molecule has 0 atom stereocenters. The SMILES string of the molecule is COc1ccc2ccccc2c1C=[NH+]NC(N)=S. The Morgan fingerprint density at radius 1 is 1.33 bits per heavy atom. The summed E-state index contributed by atoms with van der Waals surface area (Å²) in [6.45, 7) is 0. The van der Waals surface area contributed by atoms with E-state index in [9.17, 15) is 0 Å². The van der Waals surface area contributed by atoms with Gasteiger partial charge in [0.25, 0.3) is 0 Å². The molecule has 0 unspecified atom stereocenters. The molecule has 2 aromatic carbocycles. The summed E-state index contributed by atoms with van der Waals surface area (Å²) >= 11 is 4.72. The Kier molecular flexibility index (Phi) is 3.74. The van der Waals surface area contributed by atoms with Gasteiger partial charge in [-0.2, -0.15) is 0 Å². The Hall–Kier alpha value is -2.14. The van der Waals surface area contributed by atoms with Crippen LogP contribution in [0.15, 0.2) is 36.4 Å². The van der Waals surface area contributed by atoms with Crippen LogP contribution in [0.1, 0.15) is 5.56 Å². The maximum Gasteiger partial charge on any atom is 0.221 e. The van der Waals surface area contributed by atoms with Gasteiger partial charge in [-0.3, -0.25) is 0 Å². The van der Waals surface area contributed by atoms with Crippen LogP contribution in [0, 0.1) is 0 Å². The van der Waals surface area contributed by atoms with Crippen LogP contribution in [0.4, 0.5) is 0 Å². The van der Waals surface area contributed by atoms with Crippen molar-refractivity contribution in [1.82, 2.24) is 5.43 Å². The average molecular weight is 260 g/mol. The average Bonchev–Trinajstić information content (AvgIpc) is 2.38. The molecular formula is C13H14N3OS+. The highest BCUT2D eigenvalue weighted by Gasteiger charge is 2.08. The summed E-state index contributed by atoms with van der Waals surface area (Å²) in [5.41, 5.74) is 8.95. The number of hydrogen-bond donors (Lipinski definition) is 3. The van der Waals surface area contributed by atoms with Crippen molar-refractivity contribution in [1.29, 1.82) is 0 Å². The lowest BCUT2D eigenvalue weighted by molar-refractivity contribution is -0.499. The molecule has 92 valence electrons. The van der Waals surface area contributed by atoms with Gasteiger partial charge in [0.15, 0.2) is 0 Å². The van der Waals surface area contributed by atoms with Crippen LogP contribution >= 0.6 is 12.2 Å². The fourth-order valence-electron chi connectivity index (χ4n) is 1.78. The summed E-state index contributed by atoms with van der Waals surface area (Å²) in [6, 6.07) is 12.0. The summed E-state index contributed by atoms with van der Waals surface area (Å²) < 4.78 is 5.35. The second-order valence-electron chi connectivity index (χ2n) is 3.68. The number of hydrazone groups is 1. The van der Waals surface area contributed by atoms with Crippen LogP contribution in [0.25, 0.3) is 10.8 Å². The quantitative estimate of drug-likeness (QED) is 0.416. The molecule has 2 aromatic rings. The molecule has 0 aliphatic carbocycles. The first kappa shape index (κ1) is 12.3. The lowest BCUT2D eigenvalue weighted by atomic mass is 10.0. The van der Waals surface area contributed by atoms with Crippen LogP contribution in [0.3, 0.4) is 0 Å². The Labute approximate surface area is 110 Å². The largest absolute Gasteiger partial charge is 0.496 e. The number of rotatable bonds is 3. The highest BCUT2D eigenvalue weighted by molar-refractivity contribution is 7.80. The van der Waals surface area contributed by atoms with E-state index in [-0.39, 0.29) is 5.11 Å². The molecule has 0 saturated heterocycles. The van der Waals surface area contributed by atoms with Gasteiger partial charge in [0, 0.05) is 0 Å². The smallest absolute Gasteiger partial charge is 0.221 e. The summed E-state index contributed by atoms with van der Waals surface area (Å²) in [4.78, 5) is 0. The molecule has 0 radical (unpaired) electrons. The summed E-state index contributed by atoms with van der Waals surface area (Å²) in [5, 5.41) is 5.26. The molecule has 0 bridgehead atoms. The Morgan fingerprint density at radius 3 is 2.83 bits per heavy atom. The molecule has 0 aliphatic rings. The predicted octanol–water partition coefficient (Wildman–Crippen LogP) is 0.0961. The molecule has 0 aromatic heterocycles. The zero-order chi connectivity index (χ0) is 13.0. The van der Waals surface area contributed by atoms with Crippen LogP contribution in [0.2, 0.25) is 0 Å². The zero-order valence-corrected chi connectivity index (χ0v) is 10.8. The molecule has 0 aliphatic heterocycles. The van der Waals surface area contributed by atoms with E-state index in [2.05, 4.69) is 10.5 Å². The number of hydrazine groups is 1. The maximum absolute atomic E-state index is 5.35. The fourth-order valence-corrected chi connectivity index (χ4v) is 1.84. The third-order valence-electron chi connectivity index (χ3n) is 2.56. The van der Waals surface area contributed by atoms with E-state index < -0.39 is 0 Å². The molecule has 4 nitrogen and oxygen atoms in total. The third-order valence-corrected chi connectivity index (χ3v) is 2.66. The van der Waals surface area contributed by atoms with Gasteiger partial charge in [-0.25, -0.2) is 0 Å². The Morgan fingerprint density at radius 2 is 2.11 bits per heavy atom. The van der Waals surface area contributed by atoms with E-state index in [1.807, 2.05) is 36.4 Å². The number of benzene rings is 2. The molecule has 2 rings (SSSR count). The van der Waals surface area contributed by atoms with Gasteiger partial charge in [0.05, 0.1) is 12.7 Å². The first-order chi connectivity index (χ1) is 8.72. The van der Waals surface area contributed by atoms with Crippen molar-refractivity contribution >= 4 is 34.3 Å². The molecule has 0 saturated carbocycles. The van der Waals surface area contributed by atoms with Crippen molar-refractivity contribution in [3.8, 4) is 5.75 Å². The summed E-state index contributed by atoms with van der Waals surface area (Å²) in [6.07, 6.45) is 1.78. The van der Waals surface area contributed by atoms with Gasteiger partial charge in [0.1, 0.15) is 5.75 Å². The highest BCUT2D eigenvalue weighted by Crippen LogP contribution is 2.25. The number of thiocarbonyl (C=S) groups is 1. The van der Waals surface area contributed by atoms with Gasteiger partial charge < -0.3 is 10.5 Å². The van der Waals surface area contributed by atoms with Crippen molar-refractivity contribution in [2.75, 3.05) is 7.11 Å². The molecule has 0 heterocycles. The molecule has 0 spiro atoms. The molecule has 0 amide bonds. The van der Waals surface area contributed by atoms with Crippen LogP contribution in [-0.4, -0.2) is 18.4 Å². The highest BCUT2D eigenvalue weighted by atomic mass is 32.1. The Balaban J connectivity index is 2.51. The number of methoxy groups -OCH3 is 1. The van der Waals surface area contributed by atoms with Crippen molar-refractivity contribution in [3.63, 3.8) is 0 Å². The number of nitrogens with one attached hydrogen (secondary N) is 2. The van der Waals surface area contributed by atoms with Crippen LogP contribution in [0.5, 0.6) is 5.75 Å². The van der Waals surface area contributed by atoms with Gasteiger partial charge >= 0.3 is 0 Å². The van der Waals surface area contributed by atoms with E-state index in [4.69, 9.17) is 22.7 Å². The van der Waals surface area contributed by atoms with Crippen molar-refractivity contribution in [2.45, 2.75) is 0 Å². The third kappa shape index (κ3) is 2.57. The first-order valence-electron chi connectivity index (χ1n) is 5.42. The zero-order valence-electron chi connectivity index (χ0n) is 9.94. The molecule has 0 fully saturated rings. The van der Waals surface area contributed by atoms with Gasteiger partial charge in [-0.15, -0.1) is 10.5 Å². The second kappa shape index (κ2) is 5.46. The lowest BCUT2D eigenvalue weighted by Gasteiger charge is -2.06. The number of nitrogens with two attached hydrogens (primary N) is 1. The van der Waals surface area contributed by atoms with Crippen LogP contribution in [-0.2, 0) is 0 Å². The summed E-state index contributed by atoms with van der Waals surface area (Å²) in [7, 11) is 1.64. The van der Waals surface area contributed by atoms with Crippen molar-refractivity contribution in [3.05, 3.63) is 42.0 Å². The minimum absolute atomic E-state index is 0.186. The first-order valence-corrected chi connectivity index (χ1v) is 5.83. The standard InChI is InChI=1S/C13H13N3OS/c1-17-12-7-6-9-4-2-3-5-10(9)11(12)8-15-16-13(14)18/h2-8H,1H3,(H3,14,16,18)/p+1. The van der Waals surface area contributed by atoms with Gasteiger partial charge in [-0.1, -0.05) is 30.3 Å². The number of ether oxygens (including phenoxy) is 1. The number of fused-ring (bicyclic) bond motifs is 1. The lowest BCUT2D eigenvalue weighted by Crippen LogP contribution is -2.82. The molecule has 5 heteroatoms. The maximum atomic E-state index is 5.35. The van der Waals surface area contributed by atoms with Crippen molar-refractivity contribution in [2.24, 2.45) is 5.73 Å². The number of hydrogen-bond acceptors (Lipinski definition) is 2. The van der Waals surface area contributed by atoms with E-state index in [0.717, 1.165) is 22.1 Å². The van der Waals surface area contributed by atoms with Gasteiger partial charge in [-0.05, 0) is 29.1 Å².